The number of ether oxygens (including phenoxy) is 1. The average molecular weight is 257 g/mol. The van der Waals surface area contributed by atoms with Crippen LogP contribution in [0.1, 0.15) is 39.5 Å². The fraction of sp³-hybridized carbons (Fsp3) is 0.833. The standard InChI is InChI=1S/C12H23N3O3/c1-3-4-9(10(13)15-17)11(16)14-12(2)5-7-18-8-6-12/h9,17H,3-8H2,1-2H3,(H2,13,15)(H,14,16). The normalized spacial score (nSPS) is 21.3. The minimum absolute atomic E-state index is 0.0231. The second-order valence-corrected chi connectivity index (χ2v) is 5.03. The lowest BCUT2D eigenvalue weighted by molar-refractivity contribution is -0.126. The summed E-state index contributed by atoms with van der Waals surface area (Å²) >= 11 is 0. The Morgan fingerprint density at radius 2 is 2.17 bits per heavy atom. The van der Waals surface area contributed by atoms with Gasteiger partial charge in [-0.3, -0.25) is 4.79 Å². The van der Waals surface area contributed by atoms with Crippen LogP contribution in [0.25, 0.3) is 0 Å². The third-order valence-corrected chi connectivity index (χ3v) is 3.39. The van der Waals surface area contributed by atoms with Crippen LogP contribution >= 0.6 is 0 Å². The van der Waals surface area contributed by atoms with Crippen molar-refractivity contribution in [2.75, 3.05) is 13.2 Å². The molecule has 0 aromatic rings. The summed E-state index contributed by atoms with van der Waals surface area (Å²) in [6.45, 7) is 5.27. The van der Waals surface area contributed by atoms with Crippen LogP contribution in [-0.4, -0.2) is 35.7 Å². The number of hydrogen-bond acceptors (Lipinski definition) is 4. The van der Waals surface area contributed by atoms with Crippen LogP contribution in [0.2, 0.25) is 0 Å². The lowest BCUT2D eigenvalue weighted by atomic mass is 9.90. The summed E-state index contributed by atoms with van der Waals surface area (Å²) in [5.74, 6) is -0.749. The first-order valence-electron chi connectivity index (χ1n) is 6.39. The van der Waals surface area contributed by atoms with Gasteiger partial charge in [-0.2, -0.15) is 0 Å². The van der Waals surface area contributed by atoms with Crippen molar-refractivity contribution in [3.63, 3.8) is 0 Å². The second-order valence-electron chi connectivity index (χ2n) is 5.03. The molecule has 0 radical (unpaired) electrons. The third kappa shape index (κ3) is 3.87. The molecule has 1 aliphatic rings. The fourth-order valence-corrected chi connectivity index (χ4v) is 2.10. The summed E-state index contributed by atoms with van der Waals surface area (Å²) in [4.78, 5) is 12.2. The molecule has 0 aromatic carbocycles. The van der Waals surface area contributed by atoms with E-state index in [1.54, 1.807) is 0 Å². The smallest absolute Gasteiger partial charge is 0.231 e. The minimum Gasteiger partial charge on any atom is -0.409 e. The van der Waals surface area contributed by atoms with Crippen LogP contribution in [-0.2, 0) is 9.53 Å². The maximum atomic E-state index is 12.2. The molecule has 1 heterocycles. The molecule has 0 bridgehead atoms. The van der Waals surface area contributed by atoms with Crippen LogP contribution < -0.4 is 11.1 Å². The lowest BCUT2D eigenvalue weighted by Crippen LogP contribution is -2.53. The zero-order chi connectivity index (χ0) is 13.6. The summed E-state index contributed by atoms with van der Waals surface area (Å²) < 4.78 is 5.28. The molecule has 6 nitrogen and oxygen atoms in total. The summed E-state index contributed by atoms with van der Waals surface area (Å²) in [6, 6.07) is 0. The Bertz CT molecular complexity index is 312. The number of rotatable bonds is 5. The molecule has 0 spiro atoms. The fourth-order valence-electron chi connectivity index (χ4n) is 2.10. The Kier molecular flexibility index (Phi) is 5.40. The first-order valence-corrected chi connectivity index (χ1v) is 6.39. The van der Waals surface area contributed by atoms with E-state index in [9.17, 15) is 4.79 Å². The Morgan fingerprint density at radius 1 is 1.56 bits per heavy atom. The van der Waals surface area contributed by atoms with E-state index >= 15 is 0 Å². The summed E-state index contributed by atoms with van der Waals surface area (Å²) in [6.07, 6.45) is 2.95. The van der Waals surface area contributed by atoms with Crippen LogP contribution in [0.4, 0.5) is 0 Å². The monoisotopic (exact) mass is 257 g/mol. The second kappa shape index (κ2) is 6.58. The SMILES string of the molecule is CCCC(C(=O)NC1(C)CCOCC1)C(N)=NO. The highest BCUT2D eigenvalue weighted by Crippen LogP contribution is 2.21. The number of nitrogens with two attached hydrogens (primary N) is 1. The van der Waals surface area contributed by atoms with E-state index in [4.69, 9.17) is 15.7 Å². The topological polar surface area (TPSA) is 96.9 Å². The number of nitrogens with zero attached hydrogens (tertiary/aromatic N) is 1. The van der Waals surface area contributed by atoms with Gasteiger partial charge in [0.1, 0.15) is 0 Å². The molecular weight excluding hydrogens is 234 g/mol. The van der Waals surface area contributed by atoms with Gasteiger partial charge in [0, 0.05) is 18.8 Å². The predicted molar refractivity (Wildman–Crippen MR) is 68.4 cm³/mol. The molecule has 104 valence electrons. The van der Waals surface area contributed by atoms with Gasteiger partial charge in [-0.25, -0.2) is 0 Å². The van der Waals surface area contributed by atoms with Crippen molar-refractivity contribution in [3.05, 3.63) is 0 Å². The number of carbonyl (C=O) groups excluding carboxylic acids is 1. The molecule has 1 fully saturated rings. The first-order chi connectivity index (χ1) is 8.52. The zero-order valence-electron chi connectivity index (χ0n) is 11.1. The minimum atomic E-state index is -0.556. The highest BCUT2D eigenvalue weighted by Gasteiger charge is 2.32. The Labute approximate surface area is 108 Å². The zero-order valence-corrected chi connectivity index (χ0v) is 11.1. The van der Waals surface area contributed by atoms with E-state index in [1.165, 1.54) is 0 Å². The van der Waals surface area contributed by atoms with Gasteiger partial charge in [0.05, 0.1) is 5.92 Å². The molecule has 0 saturated carbocycles. The number of amidine groups is 1. The molecule has 18 heavy (non-hydrogen) atoms. The Balaban J connectivity index is 2.65. The molecular formula is C12H23N3O3. The summed E-state index contributed by atoms with van der Waals surface area (Å²) in [5, 5.41) is 14.7. The highest BCUT2D eigenvalue weighted by molar-refractivity contribution is 6.02. The van der Waals surface area contributed by atoms with E-state index in [-0.39, 0.29) is 17.3 Å². The predicted octanol–water partition coefficient (Wildman–Crippen LogP) is 0.834. The van der Waals surface area contributed by atoms with Gasteiger partial charge in [-0.15, -0.1) is 0 Å². The van der Waals surface area contributed by atoms with Gasteiger partial charge >= 0.3 is 0 Å². The van der Waals surface area contributed by atoms with Gasteiger partial charge in [0.2, 0.25) is 5.91 Å². The molecule has 0 aliphatic carbocycles. The largest absolute Gasteiger partial charge is 0.409 e. The molecule has 6 heteroatoms. The van der Waals surface area contributed by atoms with E-state index in [1.807, 2.05) is 13.8 Å². The molecule has 1 amide bonds. The number of nitrogens with one attached hydrogen (secondary N) is 1. The van der Waals surface area contributed by atoms with E-state index < -0.39 is 5.92 Å². The third-order valence-electron chi connectivity index (χ3n) is 3.39. The quantitative estimate of drug-likeness (QED) is 0.294. The average Bonchev–Trinajstić information content (AvgIpc) is 2.35. The van der Waals surface area contributed by atoms with Crippen LogP contribution in [0.3, 0.4) is 0 Å². The van der Waals surface area contributed by atoms with E-state index in [0.29, 0.717) is 19.6 Å². The molecule has 1 saturated heterocycles. The van der Waals surface area contributed by atoms with Crippen LogP contribution in [0, 0.1) is 5.92 Å². The van der Waals surface area contributed by atoms with E-state index in [0.717, 1.165) is 19.3 Å². The van der Waals surface area contributed by atoms with Gasteiger partial charge in [0.25, 0.3) is 0 Å². The molecule has 1 unspecified atom stereocenters. The Morgan fingerprint density at radius 3 is 2.67 bits per heavy atom. The number of hydrogen-bond donors (Lipinski definition) is 3. The van der Waals surface area contributed by atoms with Crippen molar-refractivity contribution in [2.24, 2.45) is 16.8 Å². The van der Waals surface area contributed by atoms with Gasteiger partial charge in [-0.05, 0) is 26.2 Å². The van der Waals surface area contributed by atoms with Crippen molar-refractivity contribution in [1.29, 1.82) is 0 Å². The van der Waals surface area contributed by atoms with Gasteiger partial charge in [-0.1, -0.05) is 18.5 Å². The molecule has 4 N–H and O–H groups in total. The van der Waals surface area contributed by atoms with Gasteiger partial charge < -0.3 is 21.0 Å². The molecule has 1 aliphatic heterocycles. The molecule has 0 aromatic heterocycles. The van der Waals surface area contributed by atoms with Gasteiger partial charge in [0.15, 0.2) is 5.84 Å². The summed E-state index contributed by atoms with van der Waals surface area (Å²) in [7, 11) is 0. The maximum absolute atomic E-state index is 12.2. The van der Waals surface area contributed by atoms with Crippen molar-refractivity contribution in [2.45, 2.75) is 45.1 Å². The molecule has 1 rings (SSSR count). The lowest BCUT2D eigenvalue weighted by Gasteiger charge is -2.35. The van der Waals surface area contributed by atoms with Crippen LogP contribution in [0.5, 0.6) is 0 Å². The number of amides is 1. The number of carbonyl (C=O) groups is 1. The Hall–Kier alpha value is -1.30. The van der Waals surface area contributed by atoms with Crippen LogP contribution in [0.15, 0.2) is 5.16 Å². The van der Waals surface area contributed by atoms with Crippen molar-refractivity contribution < 1.29 is 14.7 Å². The molecule has 1 atom stereocenters. The van der Waals surface area contributed by atoms with E-state index in [2.05, 4.69) is 10.5 Å². The van der Waals surface area contributed by atoms with Crippen molar-refractivity contribution >= 4 is 11.7 Å². The first kappa shape index (κ1) is 14.8. The van der Waals surface area contributed by atoms with Crippen molar-refractivity contribution in [3.8, 4) is 0 Å². The highest BCUT2D eigenvalue weighted by atomic mass is 16.5. The van der Waals surface area contributed by atoms with Crippen molar-refractivity contribution in [1.82, 2.24) is 5.32 Å². The maximum Gasteiger partial charge on any atom is 0.231 e. The number of oxime groups is 1. The summed E-state index contributed by atoms with van der Waals surface area (Å²) in [5.41, 5.74) is 5.31.